The van der Waals surface area contributed by atoms with E-state index in [1.165, 1.54) is 12.8 Å². The molecule has 0 saturated heterocycles. The number of halogens is 1. The average Bonchev–Trinajstić information content (AvgIpc) is 2.19. The van der Waals surface area contributed by atoms with Gasteiger partial charge in [-0.25, -0.2) is 0 Å². The van der Waals surface area contributed by atoms with Crippen LogP contribution in [-0.2, 0) is 0 Å². The first kappa shape index (κ1) is 6.84. The van der Waals surface area contributed by atoms with E-state index in [1.54, 1.807) is 17.3 Å². The fourth-order valence-electron chi connectivity index (χ4n) is 1.38. The summed E-state index contributed by atoms with van der Waals surface area (Å²) in [7, 11) is 0. The second-order valence-corrected chi connectivity index (χ2v) is 4.98. The third kappa shape index (κ3) is 1.92. The van der Waals surface area contributed by atoms with Crippen molar-refractivity contribution in [2.24, 2.45) is 5.92 Å². The van der Waals surface area contributed by atoms with Crippen molar-refractivity contribution >= 4 is 0 Å². The van der Waals surface area contributed by atoms with E-state index < -0.39 is 0 Å². The molecule has 50 valence electrons. The van der Waals surface area contributed by atoms with Crippen molar-refractivity contribution in [1.29, 1.82) is 0 Å². The molecule has 0 aromatic rings. The maximum atomic E-state index is 2.40. The van der Waals surface area contributed by atoms with Crippen LogP contribution in [0.25, 0.3) is 0 Å². The van der Waals surface area contributed by atoms with Crippen LogP contribution in [0.3, 0.4) is 0 Å². The normalized spacial score (nSPS) is 22.6. The molecular formula is C7H14I-. The number of hydrogen-bond acceptors (Lipinski definition) is 0. The van der Waals surface area contributed by atoms with Gasteiger partial charge < -0.3 is 0 Å². The summed E-state index contributed by atoms with van der Waals surface area (Å²) in [6, 6.07) is 0. The Balaban J connectivity index is 2.06. The van der Waals surface area contributed by atoms with Crippen LogP contribution in [0, 0.1) is 5.92 Å². The van der Waals surface area contributed by atoms with Gasteiger partial charge in [-0.05, 0) is 0 Å². The zero-order chi connectivity index (χ0) is 5.82. The molecule has 0 amide bonds. The number of alkyl halides is 2. The molecule has 0 spiro atoms. The predicted octanol–water partition coefficient (Wildman–Crippen LogP) is -1.10. The Labute approximate surface area is 62.3 Å². The van der Waals surface area contributed by atoms with Crippen molar-refractivity contribution < 1.29 is 21.2 Å². The van der Waals surface area contributed by atoms with Gasteiger partial charge in [-0.15, -0.1) is 0 Å². The Kier molecular flexibility index (Phi) is 3.16. The topological polar surface area (TPSA) is 0 Å². The van der Waals surface area contributed by atoms with E-state index in [-0.39, 0.29) is 0 Å². The second kappa shape index (κ2) is 3.70. The van der Waals surface area contributed by atoms with E-state index >= 15 is 0 Å². The van der Waals surface area contributed by atoms with Gasteiger partial charge in [-0.2, -0.15) is 0 Å². The molecule has 1 fully saturated rings. The van der Waals surface area contributed by atoms with Crippen LogP contribution >= 0.6 is 0 Å². The molecule has 8 heavy (non-hydrogen) atoms. The number of hydrogen-bond donors (Lipinski definition) is 0. The molecule has 0 atom stereocenters. The zero-order valence-electron chi connectivity index (χ0n) is 5.49. The molecule has 1 aliphatic rings. The summed E-state index contributed by atoms with van der Waals surface area (Å²) in [6.45, 7) is 0. The standard InChI is InChI=1S/C7H14I/c1-8-6-7-4-2-3-5-7/h7H,2-6H2,1H3/q-1. The summed E-state index contributed by atoms with van der Waals surface area (Å²) in [4.78, 5) is 2.40. The van der Waals surface area contributed by atoms with Gasteiger partial charge in [0.05, 0.1) is 0 Å². The minimum atomic E-state index is 0.594. The van der Waals surface area contributed by atoms with Crippen molar-refractivity contribution in [3.05, 3.63) is 0 Å². The predicted molar refractivity (Wildman–Crippen MR) is 32.7 cm³/mol. The summed E-state index contributed by atoms with van der Waals surface area (Å²) in [6.07, 6.45) is 6.14. The van der Waals surface area contributed by atoms with E-state index in [0.29, 0.717) is 21.2 Å². The van der Waals surface area contributed by atoms with Gasteiger partial charge in [0.15, 0.2) is 0 Å². The zero-order valence-corrected chi connectivity index (χ0v) is 7.65. The number of rotatable bonds is 2. The molecule has 1 saturated carbocycles. The first-order valence-corrected chi connectivity index (χ1v) is 7.05. The summed E-state index contributed by atoms with van der Waals surface area (Å²) >= 11 is 0.594. The van der Waals surface area contributed by atoms with Crippen LogP contribution in [0.5, 0.6) is 0 Å². The molecule has 0 aliphatic heterocycles. The molecule has 1 aliphatic carbocycles. The van der Waals surface area contributed by atoms with Gasteiger partial charge in [0, 0.05) is 0 Å². The fourth-order valence-corrected chi connectivity index (χ4v) is 3.51. The minimum absolute atomic E-state index is 0.594. The van der Waals surface area contributed by atoms with Gasteiger partial charge in [0.2, 0.25) is 0 Å². The molecule has 0 nitrogen and oxygen atoms in total. The quantitative estimate of drug-likeness (QED) is 0.413. The average molecular weight is 225 g/mol. The summed E-state index contributed by atoms with van der Waals surface area (Å²) in [5.41, 5.74) is 0. The monoisotopic (exact) mass is 225 g/mol. The molecule has 0 heterocycles. The molecule has 0 aromatic carbocycles. The fraction of sp³-hybridized carbons (Fsp3) is 1.00. The molecule has 0 unspecified atom stereocenters. The summed E-state index contributed by atoms with van der Waals surface area (Å²) < 4.78 is 1.60. The van der Waals surface area contributed by atoms with Crippen LogP contribution in [-0.4, -0.2) is 9.36 Å². The Hall–Kier alpha value is 0.730. The van der Waals surface area contributed by atoms with Crippen molar-refractivity contribution in [3.8, 4) is 0 Å². The van der Waals surface area contributed by atoms with E-state index in [2.05, 4.69) is 4.93 Å². The van der Waals surface area contributed by atoms with Gasteiger partial charge in [0.25, 0.3) is 0 Å². The van der Waals surface area contributed by atoms with Gasteiger partial charge in [0.1, 0.15) is 0 Å². The van der Waals surface area contributed by atoms with Crippen molar-refractivity contribution in [3.63, 3.8) is 0 Å². The Bertz CT molecular complexity index is 55.4. The second-order valence-electron chi connectivity index (χ2n) is 2.57. The molecule has 1 rings (SSSR count). The van der Waals surface area contributed by atoms with Gasteiger partial charge in [-0.1, -0.05) is 0 Å². The molecule has 0 aromatic heterocycles. The van der Waals surface area contributed by atoms with Crippen molar-refractivity contribution in [1.82, 2.24) is 0 Å². The third-order valence-electron chi connectivity index (χ3n) is 1.85. The Morgan fingerprint density at radius 3 is 2.50 bits per heavy atom. The summed E-state index contributed by atoms with van der Waals surface area (Å²) in [5, 5.41) is 0. The van der Waals surface area contributed by atoms with Crippen LogP contribution < -0.4 is 21.2 Å². The first-order chi connectivity index (χ1) is 3.93. The SMILES string of the molecule is C[I-]CC1CCCC1. The van der Waals surface area contributed by atoms with Crippen LogP contribution in [0.4, 0.5) is 0 Å². The van der Waals surface area contributed by atoms with Crippen molar-refractivity contribution in [2.75, 3.05) is 9.36 Å². The van der Waals surface area contributed by atoms with E-state index in [4.69, 9.17) is 0 Å². The van der Waals surface area contributed by atoms with Crippen LogP contribution in [0.1, 0.15) is 25.7 Å². The van der Waals surface area contributed by atoms with Crippen LogP contribution in [0.15, 0.2) is 0 Å². The molecule has 0 N–H and O–H groups in total. The maximum absolute atomic E-state index is 2.40. The van der Waals surface area contributed by atoms with Crippen LogP contribution in [0.2, 0.25) is 0 Å². The van der Waals surface area contributed by atoms with Gasteiger partial charge >= 0.3 is 62.2 Å². The summed E-state index contributed by atoms with van der Waals surface area (Å²) in [5.74, 6) is 1.16. The van der Waals surface area contributed by atoms with Crippen molar-refractivity contribution in [2.45, 2.75) is 25.7 Å². The Morgan fingerprint density at radius 1 is 1.38 bits per heavy atom. The van der Waals surface area contributed by atoms with E-state index in [0.717, 1.165) is 5.92 Å². The molecular weight excluding hydrogens is 211 g/mol. The third-order valence-corrected chi connectivity index (χ3v) is 3.97. The molecule has 1 heteroatoms. The van der Waals surface area contributed by atoms with Gasteiger partial charge in [-0.3, -0.25) is 0 Å². The Morgan fingerprint density at radius 2 is 2.00 bits per heavy atom. The molecule has 0 bridgehead atoms. The van der Waals surface area contributed by atoms with E-state index in [1.807, 2.05) is 0 Å². The molecule has 0 radical (unpaired) electrons. The first-order valence-electron chi connectivity index (χ1n) is 3.37. The van der Waals surface area contributed by atoms with E-state index in [9.17, 15) is 0 Å².